The lowest BCUT2D eigenvalue weighted by Gasteiger charge is -2.31. The Labute approximate surface area is 120 Å². The highest BCUT2D eigenvalue weighted by Gasteiger charge is 2.40. The third-order valence-electron chi connectivity index (χ3n) is 4.75. The Morgan fingerprint density at radius 2 is 1.90 bits per heavy atom. The topological polar surface area (TPSA) is 66.8 Å². The van der Waals surface area contributed by atoms with Crippen LogP contribution in [-0.4, -0.2) is 48.2 Å². The van der Waals surface area contributed by atoms with Gasteiger partial charge in [0.25, 0.3) is 0 Å². The van der Waals surface area contributed by atoms with Gasteiger partial charge in [0.2, 0.25) is 5.91 Å². The van der Waals surface area contributed by atoms with Crippen molar-refractivity contribution in [2.75, 3.05) is 20.3 Å². The monoisotopic (exact) mass is 283 g/mol. The maximum atomic E-state index is 12.7. The molecule has 0 saturated heterocycles. The van der Waals surface area contributed by atoms with E-state index in [0.717, 1.165) is 0 Å². The molecule has 0 aliphatic heterocycles. The van der Waals surface area contributed by atoms with Crippen LogP contribution >= 0.6 is 0 Å². The van der Waals surface area contributed by atoms with Crippen molar-refractivity contribution in [2.45, 2.75) is 45.1 Å². The van der Waals surface area contributed by atoms with Gasteiger partial charge in [-0.2, -0.15) is 0 Å². The molecule has 0 aromatic heterocycles. The van der Waals surface area contributed by atoms with Crippen molar-refractivity contribution in [3.8, 4) is 0 Å². The molecule has 0 aromatic carbocycles. The Balaban J connectivity index is 1.96. The van der Waals surface area contributed by atoms with Gasteiger partial charge in [-0.05, 0) is 44.9 Å². The molecule has 3 atom stereocenters. The van der Waals surface area contributed by atoms with Crippen LogP contribution in [-0.2, 0) is 14.3 Å². The second kappa shape index (κ2) is 6.57. The van der Waals surface area contributed by atoms with Crippen LogP contribution in [0.25, 0.3) is 0 Å². The van der Waals surface area contributed by atoms with E-state index in [1.165, 1.54) is 12.8 Å². The normalized spacial score (nSPS) is 27.3. The van der Waals surface area contributed by atoms with E-state index in [9.17, 15) is 9.59 Å². The molecule has 20 heavy (non-hydrogen) atoms. The number of hydrogen-bond acceptors (Lipinski definition) is 3. The molecule has 0 aromatic rings. The fourth-order valence-corrected chi connectivity index (χ4v) is 3.20. The molecule has 2 saturated carbocycles. The Bertz CT molecular complexity index is 367. The number of amides is 1. The third kappa shape index (κ3) is 3.51. The minimum atomic E-state index is -0.765. The molecule has 1 amide bonds. The van der Waals surface area contributed by atoms with Crippen molar-refractivity contribution in [1.29, 1.82) is 0 Å². The van der Waals surface area contributed by atoms with Crippen LogP contribution in [0.2, 0.25) is 0 Å². The Morgan fingerprint density at radius 3 is 2.40 bits per heavy atom. The molecule has 0 heterocycles. The van der Waals surface area contributed by atoms with E-state index in [-0.39, 0.29) is 23.8 Å². The van der Waals surface area contributed by atoms with Crippen LogP contribution in [0.1, 0.15) is 39.0 Å². The summed E-state index contributed by atoms with van der Waals surface area (Å²) in [5.41, 5.74) is 0. The van der Waals surface area contributed by atoms with Crippen molar-refractivity contribution in [1.82, 2.24) is 4.90 Å². The number of rotatable bonds is 7. The number of methoxy groups -OCH3 is 1. The van der Waals surface area contributed by atoms with Crippen molar-refractivity contribution >= 4 is 11.9 Å². The molecule has 0 radical (unpaired) electrons. The maximum Gasteiger partial charge on any atom is 0.306 e. The number of aliphatic carboxylic acids is 1. The number of hydrogen-bond donors (Lipinski definition) is 1. The number of ether oxygens (including phenoxy) is 1. The molecular formula is C15H25NO4. The average molecular weight is 283 g/mol. The fraction of sp³-hybridized carbons (Fsp3) is 0.867. The Morgan fingerprint density at radius 1 is 1.25 bits per heavy atom. The first-order chi connectivity index (χ1) is 9.54. The minimum Gasteiger partial charge on any atom is -0.481 e. The quantitative estimate of drug-likeness (QED) is 0.773. The van der Waals surface area contributed by atoms with E-state index in [0.29, 0.717) is 38.3 Å². The van der Waals surface area contributed by atoms with E-state index in [4.69, 9.17) is 9.84 Å². The first-order valence-corrected chi connectivity index (χ1v) is 7.56. The van der Waals surface area contributed by atoms with Gasteiger partial charge in [0, 0.05) is 25.6 Å². The summed E-state index contributed by atoms with van der Waals surface area (Å²) in [7, 11) is 1.64. The van der Waals surface area contributed by atoms with Crippen LogP contribution < -0.4 is 0 Å². The standard InChI is InChI=1S/C15H25NO4/c1-10(11-3-4-11)16(7-8-20-2)14(17)12-5-6-13(9-12)15(18)19/h10-13H,3-9H2,1-2H3,(H,18,19). The van der Waals surface area contributed by atoms with Crippen molar-refractivity contribution in [2.24, 2.45) is 17.8 Å². The highest BCUT2D eigenvalue weighted by Crippen LogP contribution is 2.38. The molecule has 1 N–H and O–H groups in total. The fourth-order valence-electron chi connectivity index (χ4n) is 3.20. The Hall–Kier alpha value is -1.10. The van der Waals surface area contributed by atoms with Gasteiger partial charge < -0.3 is 14.7 Å². The average Bonchev–Trinajstić information content (AvgIpc) is 3.15. The summed E-state index contributed by atoms with van der Waals surface area (Å²) in [6.07, 6.45) is 4.22. The highest BCUT2D eigenvalue weighted by molar-refractivity contribution is 5.81. The molecule has 3 unspecified atom stereocenters. The van der Waals surface area contributed by atoms with Gasteiger partial charge in [-0.25, -0.2) is 0 Å². The van der Waals surface area contributed by atoms with Crippen LogP contribution in [0.3, 0.4) is 0 Å². The molecule has 2 aliphatic rings. The summed E-state index contributed by atoms with van der Waals surface area (Å²) in [5, 5.41) is 9.06. The van der Waals surface area contributed by atoms with Gasteiger partial charge in [0.15, 0.2) is 0 Å². The zero-order valence-corrected chi connectivity index (χ0v) is 12.4. The SMILES string of the molecule is COCCN(C(=O)C1CCC(C(=O)O)C1)C(C)C1CC1. The highest BCUT2D eigenvalue weighted by atomic mass is 16.5. The largest absolute Gasteiger partial charge is 0.481 e. The zero-order valence-electron chi connectivity index (χ0n) is 12.4. The lowest BCUT2D eigenvalue weighted by Crippen LogP contribution is -2.44. The number of carbonyl (C=O) groups excluding carboxylic acids is 1. The van der Waals surface area contributed by atoms with Crippen molar-refractivity contribution < 1.29 is 19.4 Å². The van der Waals surface area contributed by atoms with Gasteiger partial charge in [0.1, 0.15) is 0 Å². The number of nitrogens with zero attached hydrogens (tertiary/aromatic N) is 1. The van der Waals surface area contributed by atoms with Gasteiger partial charge in [-0.1, -0.05) is 0 Å². The van der Waals surface area contributed by atoms with Gasteiger partial charge in [-0.3, -0.25) is 9.59 Å². The molecule has 2 fully saturated rings. The van der Waals surface area contributed by atoms with Crippen LogP contribution in [0, 0.1) is 17.8 Å². The van der Waals surface area contributed by atoms with E-state index >= 15 is 0 Å². The Kier molecular flexibility index (Phi) is 5.02. The number of carboxylic acid groups (broad SMARTS) is 1. The molecular weight excluding hydrogens is 258 g/mol. The number of carbonyl (C=O) groups is 2. The smallest absolute Gasteiger partial charge is 0.306 e. The van der Waals surface area contributed by atoms with Crippen LogP contribution in [0.15, 0.2) is 0 Å². The lowest BCUT2D eigenvalue weighted by molar-refractivity contribution is -0.142. The van der Waals surface area contributed by atoms with Crippen LogP contribution in [0.4, 0.5) is 0 Å². The summed E-state index contributed by atoms with van der Waals surface area (Å²) < 4.78 is 5.11. The first kappa shape index (κ1) is 15.3. The maximum absolute atomic E-state index is 12.7. The molecule has 0 spiro atoms. The molecule has 5 heteroatoms. The minimum absolute atomic E-state index is 0.117. The van der Waals surface area contributed by atoms with E-state index in [1.807, 2.05) is 4.90 Å². The van der Waals surface area contributed by atoms with Gasteiger partial charge in [-0.15, -0.1) is 0 Å². The summed E-state index contributed by atoms with van der Waals surface area (Å²) >= 11 is 0. The number of carboxylic acids is 1. The molecule has 5 nitrogen and oxygen atoms in total. The summed E-state index contributed by atoms with van der Waals surface area (Å²) in [5.74, 6) is -0.477. The van der Waals surface area contributed by atoms with Gasteiger partial charge in [0.05, 0.1) is 12.5 Å². The van der Waals surface area contributed by atoms with Gasteiger partial charge >= 0.3 is 5.97 Å². The lowest BCUT2D eigenvalue weighted by atomic mass is 10.0. The second-order valence-corrected chi connectivity index (χ2v) is 6.15. The predicted molar refractivity (Wildman–Crippen MR) is 74.2 cm³/mol. The zero-order chi connectivity index (χ0) is 14.7. The molecule has 0 bridgehead atoms. The molecule has 114 valence electrons. The van der Waals surface area contributed by atoms with Crippen LogP contribution in [0.5, 0.6) is 0 Å². The van der Waals surface area contributed by atoms with E-state index < -0.39 is 5.97 Å². The summed E-state index contributed by atoms with van der Waals surface area (Å²) in [6, 6.07) is 0.251. The van der Waals surface area contributed by atoms with E-state index in [2.05, 4.69) is 6.92 Å². The summed E-state index contributed by atoms with van der Waals surface area (Å²) in [4.78, 5) is 25.6. The van der Waals surface area contributed by atoms with E-state index in [1.54, 1.807) is 7.11 Å². The second-order valence-electron chi connectivity index (χ2n) is 6.15. The molecule has 2 rings (SSSR count). The van der Waals surface area contributed by atoms with Crippen molar-refractivity contribution in [3.05, 3.63) is 0 Å². The predicted octanol–water partition coefficient (Wildman–Crippen LogP) is 1.76. The first-order valence-electron chi connectivity index (χ1n) is 7.56. The third-order valence-corrected chi connectivity index (χ3v) is 4.75. The molecule has 2 aliphatic carbocycles. The summed E-state index contributed by atoms with van der Waals surface area (Å²) in [6.45, 7) is 3.26. The van der Waals surface area contributed by atoms with Crippen molar-refractivity contribution in [3.63, 3.8) is 0 Å².